The van der Waals surface area contributed by atoms with Crippen LogP contribution in [-0.2, 0) is 0 Å². The van der Waals surface area contributed by atoms with Crippen molar-refractivity contribution in [3.05, 3.63) is 12.2 Å². The average Bonchev–Trinajstić information content (AvgIpc) is 2.46. The molecule has 0 aromatic carbocycles. The van der Waals surface area contributed by atoms with E-state index in [1.807, 2.05) is 32.9 Å². The molecule has 3 rings (SSSR count). The molecule has 0 aromatic heterocycles. The number of hydrogen-bond acceptors (Lipinski definition) is 4. The minimum atomic E-state index is -1.63. The summed E-state index contributed by atoms with van der Waals surface area (Å²) >= 11 is 0. The highest BCUT2D eigenvalue weighted by molar-refractivity contribution is 5.50. The van der Waals surface area contributed by atoms with Crippen molar-refractivity contribution in [2.45, 2.75) is 33.6 Å². The van der Waals surface area contributed by atoms with Gasteiger partial charge in [-0.3, -0.25) is 0 Å². The molecular weight excluding hydrogens is 248 g/mol. The van der Waals surface area contributed by atoms with Crippen LogP contribution < -0.4 is 0 Å². The van der Waals surface area contributed by atoms with Gasteiger partial charge >= 0.3 is 0 Å². The third kappa shape index (κ3) is 1.06. The second-order valence-electron chi connectivity index (χ2n) is 6.39. The minimum absolute atomic E-state index is 0.00368. The first-order chi connectivity index (χ1) is 9.35. The Morgan fingerprint density at radius 1 is 0.850 bits per heavy atom. The van der Waals surface area contributed by atoms with Gasteiger partial charge in [0.1, 0.15) is 0 Å². The molecule has 4 nitrogen and oxygen atoms in total. The Bertz CT molecular complexity index is 618. The van der Waals surface area contributed by atoms with E-state index in [1.165, 1.54) is 0 Å². The molecule has 0 heterocycles. The maximum atomic E-state index is 9.78. The zero-order valence-electron chi connectivity index (χ0n) is 11.9. The van der Waals surface area contributed by atoms with E-state index in [-0.39, 0.29) is 5.92 Å². The molecule has 2 atom stereocenters. The van der Waals surface area contributed by atoms with Gasteiger partial charge in [0, 0.05) is 10.8 Å². The van der Waals surface area contributed by atoms with Crippen LogP contribution in [0.15, 0.2) is 12.2 Å². The van der Waals surface area contributed by atoms with E-state index < -0.39 is 21.7 Å². The monoisotopic (exact) mass is 264 g/mol. The fraction of sp³-hybridized carbons (Fsp3) is 0.625. The molecule has 1 fully saturated rings. The molecule has 0 spiro atoms. The van der Waals surface area contributed by atoms with E-state index in [4.69, 9.17) is 0 Å². The molecule has 0 N–H and O–H groups in total. The molecule has 4 heteroatoms. The molecular formula is C16H16N4. The molecule has 2 bridgehead atoms. The predicted molar refractivity (Wildman–Crippen MR) is 71.1 cm³/mol. The molecule has 0 aromatic rings. The summed E-state index contributed by atoms with van der Waals surface area (Å²) in [5, 5.41) is 39.0. The van der Waals surface area contributed by atoms with Crippen molar-refractivity contribution in [3.8, 4) is 24.3 Å². The molecule has 0 aliphatic heterocycles. The summed E-state index contributed by atoms with van der Waals surface area (Å²) in [5.41, 5.74) is -4.74. The van der Waals surface area contributed by atoms with Gasteiger partial charge in [0.2, 0.25) is 0 Å². The minimum Gasteiger partial charge on any atom is -0.196 e. The number of nitrogens with zero attached hydrogens (tertiary/aromatic N) is 4. The lowest BCUT2D eigenvalue weighted by Gasteiger charge is -2.61. The topological polar surface area (TPSA) is 95.2 Å². The number of allylic oxidation sites excluding steroid dienone is 2. The van der Waals surface area contributed by atoms with Gasteiger partial charge in [-0.25, -0.2) is 0 Å². The second kappa shape index (κ2) is 3.85. The molecule has 0 radical (unpaired) electrons. The summed E-state index contributed by atoms with van der Waals surface area (Å²) in [6.45, 7) is 5.70. The average molecular weight is 264 g/mol. The Labute approximate surface area is 119 Å². The normalized spacial score (nSPS) is 35.6. The van der Waals surface area contributed by atoms with Crippen LogP contribution in [0.5, 0.6) is 0 Å². The molecule has 0 saturated heterocycles. The first-order valence-electron chi connectivity index (χ1n) is 6.71. The van der Waals surface area contributed by atoms with E-state index in [2.05, 4.69) is 24.3 Å². The maximum Gasteiger partial charge on any atom is 0.185 e. The zero-order chi connectivity index (χ0) is 15.2. The molecule has 3 aliphatic carbocycles. The third-order valence-corrected chi connectivity index (χ3v) is 5.63. The lowest BCUT2D eigenvalue weighted by atomic mass is 9.34. The van der Waals surface area contributed by atoms with E-state index in [1.54, 1.807) is 0 Å². The lowest BCUT2D eigenvalue weighted by molar-refractivity contribution is -0.0684. The van der Waals surface area contributed by atoms with Crippen molar-refractivity contribution < 1.29 is 0 Å². The third-order valence-electron chi connectivity index (χ3n) is 5.63. The van der Waals surface area contributed by atoms with Crippen molar-refractivity contribution >= 4 is 0 Å². The van der Waals surface area contributed by atoms with Gasteiger partial charge in [-0.05, 0) is 18.8 Å². The van der Waals surface area contributed by atoms with Crippen molar-refractivity contribution in [2.24, 2.45) is 27.6 Å². The standard InChI is InChI=1S/C16H16N4/c1-12(2)14-6-4-13(3,5-7-14)15(8-17,9-18)16(14,10-19)11-20/h4,6,12H,5,7H2,1-3H3/t13-,14-/m0/s1. The summed E-state index contributed by atoms with van der Waals surface area (Å²) in [5.74, 6) is 0.00368. The Morgan fingerprint density at radius 3 is 1.65 bits per heavy atom. The van der Waals surface area contributed by atoms with Crippen LogP contribution in [0.2, 0.25) is 0 Å². The molecule has 20 heavy (non-hydrogen) atoms. The van der Waals surface area contributed by atoms with Crippen LogP contribution in [0.25, 0.3) is 0 Å². The van der Waals surface area contributed by atoms with Gasteiger partial charge in [-0.2, -0.15) is 21.0 Å². The smallest absolute Gasteiger partial charge is 0.185 e. The first-order valence-corrected chi connectivity index (χ1v) is 6.71. The van der Waals surface area contributed by atoms with Gasteiger partial charge < -0.3 is 0 Å². The fourth-order valence-corrected chi connectivity index (χ4v) is 4.13. The molecule has 1 saturated carbocycles. The maximum absolute atomic E-state index is 9.78. The number of nitriles is 4. The van der Waals surface area contributed by atoms with Gasteiger partial charge in [-0.1, -0.05) is 32.9 Å². The molecule has 3 aliphatic rings. The number of hydrogen-bond donors (Lipinski definition) is 0. The van der Waals surface area contributed by atoms with E-state index in [9.17, 15) is 21.0 Å². The van der Waals surface area contributed by atoms with E-state index in [0.717, 1.165) is 0 Å². The van der Waals surface area contributed by atoms with Gasteiger partial charge in [0.25, 0.3) is 0 Å². The molecule has 100 valence electrons. The van der Waals surface area contributed by atoms with Crippen molar-refractivity contribution in [2.75, 3.05) is 0 Å². The Morgan fingerprint density at radius 2 is 1.35 bits per heavy atom. The second-order valence-corrected chi connectivity index (χ2v) is 6.39. The Kier molecular flexibility index (Phi) is 2.72. The van der Waals surface area contributed by atoms with Crippen molar-refractivity contribution in [1.29, 1.82) is 21.0 Å². The predicted octanol–water partition coefficient (Wildman–Crippen LogP) is 3.07. The van der Waals surface area contributed by atoms with Crippen LogP contribution in [0.4, 0.5) is 0 Å². The number of fused-ring (bicyclic) bond motifs is 2. The Balaban J connectivity index is 2.97. The van der Waals surface area contributed by atoms with Crippen molar-refractivity contribution in [1.82, 2.24) is 0 Å². The van der Waals surface area contributed by atoms with Crippen LogP contribution in [0, 0.1) is 72.9 Å². The zero-order valence-corrected chi connectivity index (χ0v) is 11.9. The fourth-order valence-electron chi connectivity index (χ4n) is 4.13. The molecule has 0 unspecified atom stereocenters. The highest BCUT2D eigenvalue weighted by atomic mass is 14.7. The summed E-state index contributed by atoms with van der Waals surface area (Å²) in [6.07, 6.45) is 5.11. The largest absolute Gasteiger partial charge is 0.196 e. The van der Waals surface area contributed by atoms with Gasteiger partial charge in [-0.15, -0.1) is 0 Å². The first kappa shape index (κ1) is 14.1. The highest BCUT2D eigenvalue weighted by Gasteiger charge is 2.76. The van der Waals surface area contributed by atoms with Gasteiger partial charge in [0.05, 0.1) is 24.3 Å². The summed E-state index contributed by atoms with van der Waals surface area (Å²) in [4.78, 5) is 0. The van der Waals surface area contributed by atoms with E-state index in [0.29, 0.717) is 12.8 Å². The van der Waals surface area contributed by atoms with Crippen LogP contribution in [0.3, 0.4) is 0 Å². The quantitative estimate of drug-likeness (QED) is 0.680. The van der Waals surface area contributed by atoms with Crippen LogP contribution in [-0.4, -0.2) is 0 Å². The summed E-state index contributed by atoms with van der Waals surface area (Å²) in [6, 6.07) is 8.27. The molecule has 0 amide bonds. The summed E-state index contributed by atoms with van der Waals surface area (Å²) in [7, 11) is 0. The van der Waals surface area contributed by atoms with Gasteiger partial charge in [0.15, 0.2) is 10.8 Å². The highest BCUT2D eigenvalue weighted by Crippen LogP contribution is 2.72. The SMILES string of the molecule is CC(C)[C@]12C=C[C@@](C)(CC1)C(C#N)(C#N)C2(C#N)C#N. The van der Waals surface area contributed by atoms with E-state index >= 15 is 0 Å². The summed E-state index contributed by atoms with van der Waals surface area (Å²) < 4.78 is 0. The van der Waals surface area contributed by atoms with Crippen LogP contribution in [0.1, 0.15) is 33.6 Å². The number of rotatable bonds is 1. The van der Waals surface area contributed by atoms with Crippen LogP contribution >= 0.6 is 0 Å². The lowest BCUT2D eigenvalue weighted by Crippen LogP contribution is -2.65. The van der Waals surface area contributed by atoms with Crippen molar-refractivity contribution in [3.63, 3.8) is 0 Å². The Hall–Kier alpha value is -2.30.